The number of carbonyl (C=O) groups is 3. The molecule has 32 heavy (non-hydrogen) atoms. The van der Waals surface area contributed by atoms with Gasteiger partial charge in [0, 0.05) is 24.3 Å². The standard InChI is InChI=1S/C23H26Cl2N4O3/c24-18-10-9-16(14-19(18)25)27-23(32)20-8-4-5-12-28(20)15-22(31)29(13-11-21(26)30)17-6-2-1-3-7-17/h1-3,6-7,9-10,14,20H,4-5,8,11-13,15H2,(H2,26,30)(H,27,32). The van der Waals surface area contributed by atoms with Crippen LogP contribution in [0.2, 0.25) is 10.0 Å². The van der Waals surface area contributed by atoms with Gasteiger partial charge in [0.05, 0.1) is 22.6 Å². The van der Waals surface area contributed by atoms with Crippen LogP contribution in [0.25, 0.3) is 0 Å². The van der Waals surface area contributed by atoms with Crippen LogP contribution in [0.5, 0.6) is 0 Å². The molecule has 0 radical (unpaired) electrons. The second kappa shape index (κ2) is 11.3. The highest BCUT2D eigenvalue weighted by molar-refractivity contribution is 6.42. The second-order valence-corrected chi connectivity index (χ2v) is 8.51. The maximum absolute atomic E-state index is 13.2. The lowest BCUT2D eigenvalue weighted by atomic mass is 10.0. The van der Waals surface area contributed by atoms with Crippen LogP contribution in [0.3, 0.4) is 0 Å². The lowest BCUT2D eigenvalue weighted by molar-refractivity contribution is -0.125. The van der Waals surface area contributed by atoms with E-state index >= 15 is 0 Å². The van der Waals surface area contributed by atoms with Gasteiger partial charge in [-0.1, -0.05) is 47.8 Å². The third-order valence-electron chi connectivity index (χ3n) is 5.39. The number of halogens is 2. The molecule has 1 unspecified atom stereocenters. The average molecular weight is 477 g/mol. The van der Waals surface area contributed by atoms with Crippen molar-refractivity contribution in [1.82, 2.24) is 4.90 Å². The van der Waals surface area contributed by atoms with Gasteiger partial charge in [-0.15, -0.1) is 0 Å². The third kappa shape index (κ3) is 6.45. The van der Waals surface area contributed by atoms with Crippen LogP contribution in [-0.2, 0) is 14.4 Å². The molecule has 170 valence electrons. The first-order chi connectivity index (χ1) is 15.3. The number of amides is 3. The average Bonchev–Trinajstić information content (AvgIpc) is 2.77. The maximum atomic E-state index is 13.2. The normalized spacial score (nSPS) is 16.4. The molecule has 3 rings (SSSR count). The number of carbonyl (C=O) groups excluding carboxylic acids is 3. The molecule has 1 fully saturated rings. The molecule has 0 saturated carbocycles. The van der Waals surface area contributed by atoms with Crippen molar-refractivity contribution in [2.24, 2.45) is 5.73 Å². The zero-order valence-electron chi connectivity index (χ0n) is 17.6. The summed E-state index contributed by atoms with van der Waals surface area (Å²) >= 11 is 12.0. The van der Waals surface area contributed by atoms with Crippen molar-refractivity contribution in [2.75, 3.05) is 29.9 Å². The van der Waals surface area contributed by atoms with Crippen molar-refractivity contribution in [2.45, 2.75) is 31.7 Å². The number of nitrogens with one attached hydrogen (secondary N) is 1. The van der Waals surface area contributed by atoms with Crippen molar-refractivity contribution < 1.29 is 14.4 Å². The Hall–Kier alpha value is -2.61. The number of hydrogen-bond acceptors (Lipinski definition) is 4. The molecule has 9 heteroatoms. The number of piperidine rings is 1. The minimum atomic E-state index is -0.476. The summed E-state index contributed by atoms with van der Waals surface area (Å²) in [6.45, 7) is 0.878. The number of nitrogens with zero attached hydrogens (tertiary/aromatic N) is 2. The van der Waals surface area contributed by atoms with Gasteiger partial charge in [-0.2, -0.15) is 0 Å². The Bertz CT molecular complexity index is 971. The minimum Gasteiger partial charge on any atom is -0.370 e. The third-order valence-corrected chi connectivity index (χ3v) is 6.13. The topological polar surface area (TPSA) is 95.7 Å². The van der Waals surface area contributed by atoms with Crippen molar-refractivity contribution in [3.63, 3.8) is 0 Å². The molecular weight excluding hydrogens is 451 g/mol. The summed E-state index contributed by atoms with van der Waals surface area (Å²) in [4.78, 5) is 40.9. The highest BCUT2D eigenvalue weighted by Gasteiger charge is 2.31. The molecule has 0 spiro atoms. The molecule has 0 aliphatic carbocycles. The fourth-order valence-electron chi connectivity index (χ4n) is 3.76. The summed E-state index contributed by atoms with van der Waals surface area (Å²) in [5.74, 6) is -0.860. The molecule has 1 atom stereocenters. The van der Waals surface area contributed by atoms with Gasteiger partial charge in [0.1, 0.15) is 0 Å². The Labute approximate surface area is 197 Å². The summed E-state index contributed by atoms with van der Waals surface area (Å²) in [6, 6.07) is 13.6. The van der Waals surface area contributed by atoms with E-state index < -0.39 is 11.9 Å². The smallest absolute Gasteiger partial charge is 0.241 e. The zero-order chi connectivity index (χ0) is 23.1. The van der Waals surface area contributed by atoms with E-state index in [-0.39, 0.29) is 31.3 Å². The van der Waals surface area contributed by atoms with Crippen molar-refractivity contribution in [3.05, 3.63) is 58.6 Å². The van der Waals surface area contributed by atoms with Crippen LogP contribution in [0.1, 0.15) is 25.7 Å². The first kappa shape index (κ1) is 24.0. The van der Waals surface area contributed by atoms with Gasteiger partial charge in [-0.05, 0) is 49.7 Å². The molecule has 1 aliphatic heterocycles. The summed E-state index contributed by atoms with van der Waals surface area (Å²) in [6.07, 6.45) is 2.50. The van der Waals surface area contributed by atoms with Crippen LogP contribution in [-0.4, -0.2) is 48.3 Å². The Balaban J connectivity index is 1.72. The molecule has 3 N–H and O–H groups in total. The van der Waals surface area contributed by atoms with E-state index in [2.05, 4.69) is 5.32 Å². The fourth-order valence-corrected chi connectivity index (χ4v) is 4.06. The molecule has 0 aromatic heterocycles. The number of benzene rings is 2. The predicted molar refractivity (Wildman–Crippen MR) is 127 cm³/mol. The summed E-state index contributed by atoms with van der Waals surface area (Å²) < 4.78 is 0. The van der Waals surface area contributed by atoms with Gasteiger partial charge in [-0.3, -0.25) is 19.3 Å². The Kier molecular flexibility index (Phi) is 8.50. The first-order valence-electron chi connectivity index (χ1n) is 10.5. The van der Waals surface area contributed by atoms with Gasteiger partial charge < -0.3 is 16.0 Å². The van der Waals surface area contributed by atoms with Crippen LogP contribution in [0.15, 0.2) is 48.5 Å². The molecule has 2 aromatic carbocycles. The number of rotatable bonds is 8. The maximum Gasteiger partial charge on any atom is 0.241 e. The molecule has 2 aromatic rings. The van der Waals surface area contributed by atoms with Crippen LogP contribution >= 0.6 is 23.2 Å². The number of nitrogens with two attached hydrogens (primary N) is 1. The van der Waals surface area contributed by atoms with Gasteiger partial charge in [0.25, 0.3) is 0 Å². The molecule has 7 nitrogen and oxygen atoms in total. The summed E-state index contributed by atoms with van der Waals surface area (Å²) in [7, 11) is 0. The van der Waals surface area contributed by atoms with Crippen LogP contribution in [0, 0.1) is 0 Å². The highest BCUT2D eigenvalue weighted by atomic mass is 35.5. The molecule has 3 amide bonds. The van der Waals surface area contributed by atoms with Crippen LogP contribution < -0.4 is 16.0 Å². The van der Waals surface area contributed by atoms with E-state index in [0.29, 0.717) is 34.4 Å². The lowest BCUT2D eigenvalue weighted by Crippen LogP contribution is -2.51. The van der Waals surface area contributed by atoms with Crippen molar-refractivity contribution in [3.8, 4) is 0 Å². The number of primary amides is 1. The van der Waals surface area contributed by atoms with E-state index in [1.54, 1.807) is 23.1 Å². The first-order valence-corrected chi connectivity index (χ1v) is 11.2. The Morgan fingerprint density at radius 3 is 2.50 bits per heavy atom. The predicted octanol–water partition coefficient (Wildman–Crippen LogP) is 3.70. The zero-order valence-corrected chi connectivity index (χ0v) is 19.1. The molecule has 1 heterocycles. The van der Waals surface area contributed by atoms with Gasteiger partial charge in [0.15, 0.2) is 0 Å². The van der Waals surface area contributed by atoms with Crippen molar-refractivity contribution >= 4 is 52.3 Å². The molecule has 1 aliphatic rings. The fraction of sp³-hybridized carbons (Fsp3) is 0.348. The molecule has 1 saturated heterocycles. The number of hydrogen-bond donors (Lipinski definition) is 2. The van der Waals surface area contributed by atoms with E-state index in [9.17, 15) is 14.4 Å². The summed E-state index contributed by atoms with van der Waals surface area (Å²) in [5.41, 5.74) is 6.54. The number of anilines is 2. The monoisotopic (exact) mass is 476 g/mol. The van der Waals surface area contributed by atoms with Gasteiger partial charge in [0.2, 0.25) is 17.7 Å². The highest BCUT2D eigenvalue weighted by Crippen LogP contribution is 2.26. The summed E-state index contributed by atoms with van der Waals surface area (Å²) in [5, 5.41) is 3.64. The van der Waals surface area contributed by atoms with E-state index in [0.717, 1.165) is 12.8 Å². The number of para-hydroxylation sites is 1. The quantitative estimate of drug-likeness (QED) is 0.606. The largest absolute Gasteiger partial charge is 0.370 e. The Morgan fingerprint density at radius 1 is 1.06 bits per heavy atom. The van der Waals surface area contributed by atoms with E-state index in [1.165, 1.54) is 0 Å². The van der Waals surface area contributed by atoms with Crippen LogP contribution in [0.4, 0.5) is 11.4 Å². The van der Waals surface area contributed by atoms with Crippen molar-refractivity contribution in [1.29, 1.82) is 0 Å². The minimum absolute atomic E-state index is 0.0574. The number of likely N-dealkylation sites (tertiary alicyclic amines) is 1. The Morgan fingerprint density at radius 2 is 1.81 bits per heavy atom. The van der Waals surface area contributed by atoms with Gasteiger partial charge >= 0.3 is 0 Å². The SMILES string of the molecule is NC(=O)CCN(C(=O)CN1CCCCC1C(=O)Nc1ccc(Cl)c(Cl)c1)c1ccccc1. The molecule has 0 bridgehead atoms. The lowest BCUT2D eigenvalue weighted by Gasteiger charge is -2.35. The van der Waals surface area contributed by atoms with Gasteiger partial charge in [-0.25, -0.2) is 0 Å². The molecular formula is C23H26Cl2N4O3. The van der Waals surface area contributed by atoms with E-state index in [1.807, 2.05) is 35.2 Å². The second-order valence-electron chi connectivity index (χ2n) is 7.70. The van der Waals surface area contributed by atoms with E-state index in [4.69, 9.17) is 28.9 Å².